The Morgan fingerprint density at radius 2 is 2.28 bits per heavy atom. The highest BCUT2D eigenvalue weighted by molar-refractivity contribution is 7.17. The van der Waals surface area contributed by atoms with Crippen LogP contribution in [-0.4, -0.2) is 22.1 Å². The molecule has 0 spiro atoms. The van der Waals surface area contributed by atoms with Gasteiger partial charge in [-0.3, -0.25) is 0 Å². The van der Waals surface area contributed by atoms with Crippen LogP contribution in [0.2, 0.25) is 0 Å². The fourth-order valence-electron chi connectivity index (χ4n) is 3.04. The number of aromatic nitrogens is 2. The zero-order valence-electron chi connectivity index (χ0n) is 14.1. The van der Waals surface area contributed by atoms with Crippen molar-refractivity contribution in [2.45, 2.75) is 32.7 Å². The first-order valence-corrected chi connectivity index (χ1v) is 9.13. The van der Waals surface area contributed by atoms with Crippen molar-refractivity contribution in [3.8, 4) is 16.6 Å². The molecule has 0 N–H and O–H groups in total. The van der Waals surface area contributed by atoms with Crippen LogP contribution in [-0.2, 0) is 4.74 Å². The first kappa shape index (κ1) is 15.9. The number of benzene rings is 1. The third-order valence-electron chi connectivity index (χ3n) is 4.40. The number of carbonyl (C=O) groups excluding carboxylic acids is 1. The van der Waals surface area contributed by atoms with E-state index in [9.17, 15) is 10.1 Å². The molecule has 0 atom stereocenters. The van der Waals surface area contributed by atoms with Crippen LogP contribution < -0.4 is 0 Å². The van der Waals surface area contributed by atoms with E-state index in [-0.39, 0.29) is 5.97 Å². The number of thiazole rings is 1. The molecule has 1 saturated carbocycles. The lowest BCUT2D eigenvalue weighted by atomic mass is 10.1. The van der Waals surface area contributed by atoms with Crippen molar-refractivity contribution in [2.75, 3.05) is 6.61 Å². The first-order chi connectivity index (χ1) is 12.1. The van der Waals surface area contributed by atoms with Gasteiger partial charge in [-0.25, -0.2) is 9.78 Å². The number of esters is 1. The molecule has 3 aromatic rings. The van der Waals surface area contributed by atoms with Gasteiger partial charge in [-0.05, 0) is 44.9 Å². The highest BCUT2D eigenvalue weighted by Gasteiger charge is 2.26. The predicted molar refractivity (Wildman–Crippen MR) is 96.7 cm³/mol. The van der Waals surface area contributed by atoms with E-state index in [2.05, 4.69) is 15.6 Å². The number of fused-ring (bicyclic) bond motifs is 1. The Balaban J connectivity index is 1.79. The summed E-state index contributed by atoms with van der Waals surface area (Å²) in [4.78, 5) is 17.1. The van der Waals surface area contributed by atoms with Crippen LogP contribution in [0.3, 0.4) is 0 Å². The molecular formula is C19H17N3O2S. The summed E-state index contributed by atoms with van der Waals surface area (Å²) in [5.41, 5.74) is 3.36. The van der Waals surface area contributed by atoms with Crippen molar-refractivity contribution in [2.24, 2.45) is 0 Å². The van der Waals surface area contributed by atoms with Crippen LogP contribution in [0, 0.1) is 18.3 Å². The summed E-state index contributed by atoms with van der Waals surface area (Å²) in [6, 6.07) is 8.87. The normalized spacial score (nSPS) is 13.8. The highest BCUT2D eigenvalue weighted by atomic mass is 32.1. The maximum Gasteiger partial charge on any atom is 0.350 e. The number of ether oxygens (including phenoxy) is 1. The molecule has 5 nitrogen and oxygen atoms in total. The second kappa shape index (κ2) is 6.01. The summed E-state index contributed by atoms with van der Waals surface area (Å²) in [7, 11) is 0. The van der Waals surface area contributed by atoms with E-state index in [4.69, 9.17) is 4.74 Å². The molecule has 1 aromatic carbocycles. The van der Waals surface area contributed by atoms with Gasteiger partial charge < -0.3 is 9.30 Å². The lowest BCUT2D eigenvalue weighted by Crippen LogP contribution is -2.03. The molecule has 2 heterocycles. The van der Waals surface area contributed by atoms with Crippen LogP contribution in [0.15, 0.2) is 24.4 Å². The molecule has 0 unspecified atom stereocenters. The summed E-state index contributed by atoms with van der Waals surface area (Å²) in [5, 5.41) is 11.2. The molecule has 126 valence electrons. The number of aryl methyl sites for hydroxylation is 1. The van der Waals surface area contributed by atoms with E-state index in [1.165, 1.54) is 24.2 Å². The Labute approximate surface area is 149 Å². The summed E-state index contributed by atoms with van der Waals surface area (Å²) in [6.07, 6.45) is 4.29. The Bertz CT molecular complexity index is 1020. The quantitative estimate of drug-likeness (QED) is 0.651. The number of carbonyl (C=O) groups is 1. The van der Waals surface area contributed by atoms with Crippen LogP contribution in [0.25, 0.3) is 21.5 Å². The van der Waals surface area contributed by atoms with Gasteiger partial charge in [-0.1, -0.05) is 0 Å². The van der Waals surface area contributed by atoms with Crippen molar-refractivity contribution in [3.05, 3.63) is 40.5 Å². The van der Waals surface area contributed by atoms with Gasteiger partial charge in [0, 0.05) is 28.7 Å². The Morgan fingerprint density at radius 3 is 2.96 bits per heavy atom. The third-order valence-corrected chi connectivity index (χ3v) is 5.58. The lowest BCUT2D eigenvalue weighted by Gasteiger charge is -2.03. The topological polar surface area (TPSA) is 67.9 Å². The van der Waals surface area contributed by atoms with Crippen molar-refractivity contribution in [1.82, 2.24) is 9.55 Å². The van der Waals surface area contributed by atoms with Crippen LogP contribution in [0.1, 0.15) is 46.7 Å². The average molecular weight is 351 g/mol. The van der Waals surface area contributed by atoms with E-state index >= 15 is 0 Å². The second-order valence-corrected chi connectivity index (χ2v) is 7.18. The molecule has 1 fully saturated rings. The molecule has 2 aromatic heterocycles. The summed E-state index contributed by atoms with van der Waals surface area (Å²) in [5.74, 6) is -0.331. The third kappa shape index (κ3) is 2.71. The fourth-order valence-corrected chi connectivity index (χ4v) is 3.99. The van der Waals surface area contributed by atoms with E-state index < -0.39 is 0 Å². The number of hydrogen-bond acceptors (Lipinski definition) is 5. The fraction of sp³-hybridized carbons (Fsp3) is 0.316. The number of nitrogens with zero attached hydrogens (tertiary/aromatic N) is 3. The SMILES string of the molecule is CCOC(=O)c1sc(-c2ccc3c(c2)c(C#N)cn3C2CC2)nc1C. The Hall–Kier alpha value is -2.65. The zero-order chi connectivity index (χ0) is 17.6. The number of nitriles is 1. The second-order valence-electron chi connectivity index (χ2n) is 6.18. The Morgan fingerprint density at radius 1 is 1.48 bits per heavy atom. The van der Waals surface area contributed by atoms with Gasteiger partial charge in [-0.2, -0.15) is 5.26 Å². The molecule has 0 amide bonds. The van der Waals surface area contributed by atoms with Gasteiger partial charge >= 0.3 is 5.97 Å². The molecule has 25 heavy (non-hydrogen) atoms. The van der Waals surface area contributed by atoms with Gasteiger partial charge in [0.25, 0.3) is 0 Å². The summed E-state index contributed by atoms with van der Waals surface area (Å²) < 4.78 is 7.29. The molecule has 0 saturated heterocycles. The van der Waals surface area contributed by atoms with E-state index in [1.54, 1.807) is 6.92 Å². The van der Waals surface area contributed by atoms with Gasteiger partial charge in [0.2, 0.25) is 0 Å². The minimum atomic E-state index is -0.331. The van der Waals surface area contributed by atoms with Crippen molar-refractivity contribution >= 4 is 28.2 Å². The van der Waals surface area contributed by atoms with E-state index in [0.29, 0.717) is 28.8 Å². The van der Waals surface area contributed by atoms with Gasteiger partial charge in [-0.15, -0.1) is 11.3 Å². The lowest BCUT2D eigenvalue weighted by molar-refractivity contribution is 0.0531. The smallest absolute Gasteiger partial charge is 0.350 e. The van der Waals surface area contributed by atoms with Crippen LogP contribution in [0.4, 0.5) is 0 Å². The Kier molecular flexibility index (Phi) is 3.81. The molecule has 0 aliphatic heterocycles. The number of rotatable bonds is 4. The minimum absolute atomic E-state index is 0.331. The molecule has 6 heteroatoms. The summed E-state index contributed by atoms with van der Waals surface area (Å²) >= 11 is 1.33. The maximum atomic E-state index is 12.0. The van der Waals surface area contributed by atoms with Crippen LogP contribution in [0.5, 0.6) is 0 Å². The van der Waals surface area contributed by atoms with Crippen molar-refractivity contribution in [3.63, 3.8) is 0 Å². The monoisotopic (exact) mass is 351 g/mol. The molecule has 0 bridgehead atoms. The van der Waals surface area contributed by atoms with E-state index in [1.807, 2.05) is 31.3 Å². The number of hydrogen-bond donors (Lipinski definition) is 0. The largest absolute Gasteiger partial charge is 0.462 e. The molecule has 4 rings (SSSR count). The maximum absolute atomic E-state index is 12.0. The first-order valence-electron chi connectivity index (χ1n) is 8.32. The highest BCUT2D eigenvalue weighted by Crippen LogP contribution is 2.40. The molecule has 1 aliphatic carbocycles. The molecule has 0 radical (unpaired) electrons. The molecular weight excluding hydrogens is 334 g/mol. The summed E-state index contributed by atoms with van der Waals surface area (Å²) in [6.45, 7) is 3.95. The van der Waals surface area contributed by atoms with Crippen LogP contribution >= 0.6 is 11.3 Å². The minimum Gasteiger partial charge on any atom is -0.462 e. The molecule has 1 aliphatic rings. The standard InChI is InChI=1S/C19H17N3O2S/c1-3-24-19(23)17-11(2)21-18(25-17)12-4-7-16-15(8-12)13(9-20)10-22(16)14-5-6-14/h4,7-8,10,14H,3,5-6H2,1-2H3. The zero-order valence-corrected chi connectivity index (χ0v) is 14.9. The van der Waals surface area contributed by atoms with Crippen molar-refractivity contribution < 1.29 is 9.53 Å². The van der Waals surface area contributed by atoms with Crippen molar-refractivity contribution in [1.29, 1.82) is 5.26 Å². The average Bonchev–Trinajstić information content (AvgIpc) is 3.28. The predicted octanol–water partition coefficient (Wildman–Crippen LogP) is 4.46. The van der Waals surface area contributed by atoms with Gasteiger partial charge in [0.05, 0.1) is 17.9 Å². The van der Waals surface area contributed by atoms with Gasteiger partial charge in [0.15, 0.2) is 0 Å². The van der Waals surface area contributed by atoms with Gasteiger partial charge in [0.1, 0.15) is 16.0 Å². The van der Waals surface area contributed by atoms with E-state index in [0.717, 1.165) is 21.5 Å².